The molecule has 1 N–H and O–H groups in total. The average molecular weight is 519 g/mol. The number of amides is 1. The third kappa shape index (κ3) is 5.23. The van der Waals surface area contributed by atoms with Gasteiger partial charge in [-0.1, -0.05) is 46.3 Å². The summed E-state index contributed by atoms with van der Waals surface area (Å²) in [5.74, 6) is 0.668. The summed E-state index contributed by atoms with van der Waals surface area (Å²) in [5.41, 5.74) is 4.49. The number of aryl methyl sites for hydroxylation is 1. The van der Waals surface area contributed by atoms with Crippen molar-refractivity contribution in [3.8, 4) is 5.75 Å². The molecule has 174 valence electrons. The molecule has 34 heavy (non-hydrogen) atoms. The van der Waals surface area contributed by atoms with Gasteiger partial charge >= 0.3 is 0 Å². The number of nitrogens with zero attached hydrogens (tertiary/aromatic N) is 1. The molecule has 0 unspecified atom stereocenters. The van der Waals surface area contributed by atoms with Crippen LogP contribution in [-0.4, -0.2) is 30.0 Å². The first-order valence-corrected chi connectivity index (χ1v) is 12.1. The van der Waals surface area contributed by atoms with Gasteiger partial charge in [0, 0.05) is 34.1 Å². The van der Waals surface area contributed by atoms with Crippen molar-refractivity contribution in [3.63, 3.8) is 0 Å². The standard InChI is InChI=1S/C28H27BrN2O3/c1-19-24(16-17-30-27(32)15-8-20-6-4-3-5-7-20)25-18-23(34-2)13-14-26(25)31(19)28(33)21-9-11-22(29)12-10-21/h3-7,9-14,18H,8,15-17H2,1-2H3,(H,30,32). The Kier molecular flexibility index (Phi) is 7.48. The van der Waals surface area contributed by atoms with E-state index < -0.39 is 0 Å². The molecule has 0 radical (unpaired) electrons. The molecule has 0 aliphatic heterocycles. The normalized spacial score (nSPS) is 10.9. The average Bonchev–Trinajstić information content (AvgIpc) is 3.13. The zero-order valence-electron chi connectivity index (χ0n) is 19.3. The zero-order valence-corrected chi connectivity index (χ0v) is 20.9. The first-order chi connectivity index (χ1) is 16.5. The molecule has 4 aromatic rings. The lowest BCUT2D eigenvalue weighted by molar-refractivity contribution is -0.121. The fourth-order valence-electron chi connectivity index (χ4n) is 4.21. The molecule has 1 aromatic heterocycles. The molecule has 0 aliphatic carbocycles. The summed E-state index contributed by atoms with van der Waals surface area (Å²) in [7, 11) is 1.63. The summed E-state index contributed by atoms with van der Waals surface area (Å²) in [6.07, 6.45) is 1.78. The van der Waals surface area contributed by atoms with E-state index in [9.17, 15) is 9.59 Å². The van der Waals surface area contributed by atoms with Crippen LogP contribution in [0.25, 0.3) is 10.9 Å². The number of aromatic nitrogens is 1. The SMILES string of the molecule is COc1ccc2c(c1)c(CCNC(=O)CCc1ccccc1)c(C)n2C(=O)c1ccc(Br)cc1. The largest absolute Gasteiger partial charge is 0.497 e. The molecule has 0 saturated heterocycles. The Morgan fingerprint density at radius 1 is 0.971 bits per heavy atom. The van der Waals surface area contributed by atoms with Gasteiger partial charge in [-0.15, -0.1) is 0 Å². The Morgan fingerprint density at radius 3 is 2.41 bits per heavy atom. The van der Waals surface area contributed by atoms with Crippen molar-refractivity contribution < 1.29 is 14.3 Å². The van der Waals surface area contributed by atoms with E-state index in [1.54, 1.807) is 11.7 Å². The van der Waals surface area contributed by atoms with Gasteiger partial charge in [0.15, 0.2) is 0 Å². The maximum Gasteiger partial charge on any atom is 0.262 e. The number of rotatable bonds is 8. The minimum atomic E-state index is -0.0849. The van der Waals surface area contributed by atoms with Gasteiger partial charge in [-0.05, 0) is 73.4 Å². The van der Waals surface area contributed by atoms with Crippen LogP contribution in [0.2, 0.25) is 0 Å². The van der Waals surface area contributed by atoms with Crippen molar-refractivity contribution >= 4 is 38.6 Å². The second-order valence-electron chi connectivity index (χ2n) is 8.18. The first-order valence-electron chi connectivity index (χ1n) is 11.3. The fraction of sp³-hybridized carbons (Fsp3) is 0.214. The topological polar surface area (TPSA) is 60.3 Å². The molecule has 0 fully saturated rings. The molecule has 6 heteroatoms. The van der Waals surface area contributed by atoms with Crippen LogP contribution in [0.1, 0.15) is 33.6 Å². The summed E-state index contributed by atoms with van der Waals surface area (Å²) in [4.78, 5) is 25.8. The summed E-state index contributed by atoms with van der Waals surface area (Å²) < 4.78 is 8.11. The maximum absolute atomic E-state index is 13.4. The van der Waals surface area contributed by atoms with Crippen molar-refractivity contribution in [2.24, 2.45) is 0 Å². The molecule has 5 nitrogen and oxygen atoms in total. The number of methoxy groups -OCH3 is 1. The highest BCUT2D eigenvalue weighted by Crippen LogP contribution is 2.30. The highest BCUT2D eigenvalue weighted by molar-refractivity contribution is 9.10. The highest BCUT2D eigenvalue weighted by atomic mass is 79.9. The van der Waals surface area contributed by atoms with Gasteiger partial charge < -0.3 is 10.1 Å². The van der Waals surface area contributed by atoms with Crippen molar-refractivity contribution in [1.82, 2.24) is 9.88 Å². The lowest BCUT2D eigenvalue weighted by atomic mass is 10.1. The van der Waals surface area contributed by atoms with Crippen molar-refractivity contribution in [1.29, 1.82) is 0 Å². The van der Waals surface area contributed by atoms with E-state index in [1.165, 1.54) is 0 Å². The van der Waals surface area contributed by atoms with E-state index in [1.807, 2.05) is 79.7 Å². The number of fused-ring (bicyclic) bond motifs is 1. The lowest BCUT2D eigenvalue weighted by Crippen LogP contribution is -2.26. The smallest absolute Gasteiger partial charge is 0.262 e. The van der Waals surface area contributed by atoms with Crippen LogP contribution < -0.4 is 10.1 Å². The monoisotopic (exact) mass is 518 g/mol. The molecule has 0 aliphatic rings. The molecule has 3 aromatic carbocycles. The van der Waals surface area contributed by atoms with E-state index >= 15 is 0 Å². The van der Waals surface area contributed by atoms with Crippen LogP contribution in [0.3, 0.4) is 0 Å². The van der Waals surface area contributed by atoms with Crippen LogP contribution >= 0.6 is 15.9 Å². The number of nitrogens with one attached hydrogen (secondary N) is 1. The van der Waals surface area contributed by atoms with Crippen molar-refractivity contribution in [3.05, 3.63) is 99.7 Å². The number of ether oxygens (including phenoxy) is 1. The summed E-state index contributed by atoms with van der Waals surface area (Å²) in [6, 6.07) is 23.1. The predicted octanol–water partition coefficient (Wildman–Crippen LogP) is 5.70. The highest BCUT2D eigenvalue weighted by Gasteiger charge is 2.20. The van der Waals surface area contributed by atoms with Crippen LogP contribution in [0, 0.1) is 6.92 Å². The van der Waals surface area contributed by atoms with Gasteiger partial charge in [-0.2, -0.15) is 0 Å². The molecule has 0 spiro atoms. The Labute approximate surface area is 207 Å². The van der Waals surface area contributed by atoms with Gasteiger partial charge in [0.25, 0.3) is 5.91 Å². The second-order valence-corrected chi connectivity index (χ2v) is 9.10. The Hall–Kier alpha value is -3.38. The van der Waals surface area contributed by atoms with E-state index in [-0.39, 0.29) is 11.8 Å². The number of hydrogen-bond acceptors (Lipinski definition) is 3. The molecule has 1 amide bonds. The third-order valence-corrected chi connectivity index (χ3v) is 6.55. The zero-order chi connectivity index (χ0) is 24.1. The number of carbonyl (C=O) groups excluding carboxylic acids is 2. The predicted molar refractivity (Wildman–Crippen MR) is 139 cm³/mol. The fourth-order valence-corrected chi connectivity index (χ4v) is 4.47. The van der Waals surface area contributed by atoms with Crippen molar-refractivity contribution in [2.45, 2.75) is 26.2 Å². The minimum absolute atomic E-state index is 0.0220. The maximum atomic E-state index is 13.4. The van der Waals surface area contributed by atoms with E-state index in [0.29, 0.717) is 31.4 Å². The van der Waals surface area contributed by atoms with Crippen LogP contribution in [0.5, 0.6) is 5.75 Å². The quantitative estimate of drug-likeness (QED) is 0.325. The third-order valence-electron chi connectivity index (χ3n) is 6.02. The van der Waals surface area contributed by atoms with Crippen LogP contribution in [0.15, 0.2) is 77.3 Å². The Morgan fingerprint density at radius 2 is 1.71 bits per heavy atom. The number of halogens is 1. The first kappa shape index (κ1) is 23.8. The van der Waals surface area contributed by atoms with Gasteiger partial charge in [-0.25, -0.2) is 0 Å². The van der Waals surface area contributed by atoms with Crippen LogP contribution in [-0.2, 0) is 17.6 Å². The molecular weight excluding hydrogens is 492 g/mol. The van der Waals surface area contributed by atoms with Gasteiger partial charge in [-0.3, -0.25) is 14.2 Å². The molecule has 0 bridgehead atoms. The molecule has 0 saturated carbocycles. The lowest BCUT2D eigenvalue weighted by Gasteiger charge is -2.09. The van der Waals surface area contributed by atoms with Crippen molar-refractivity contribution in [2.75, 3.05) is 13.7 Å². The molecular formula is C28H27BrN2O3. The minimum Gasteiger partial charge on any atom is -0.497 e. The van der Waals surface area contributed by atoms with E-state index in [2.05, 4.69) is 21.2 Å². The molecule has 0 atom stereocenters. The second kappa shape index (κ2) is 10.7. The number of carbonyl (C=O) groups is 2. The Bertz CT molecular complexity index is 1310. The summed E-state index contributed by atoms with van der Waals surface area (Å²) in [6.45, 7) is 2.45. The van der Waals surface area contributed by atoms with E-state index in [0.717, 1.165) is 37.9 Å². The van der Waals surface area contributed by atoms with Crippen LogP contribution in [0.4, 0.5) is 0 Å². The van der Waals surface area contributed by atoms with E-state index in [4.69, 9.17) is 4.74 Å². The summed E-state index contributed by atoms with van der Waals surface area (Å²) >= 11 is 3.42. The van der Waals surface area contributed by atoms with Gasteiger partial charge in [0.2, 0.25) is 5.91 Å². The number of benzene rings is 3. The molecule has 4 rings (SSSR count). The number of hydrogen-bond donors (Lipinski definition) is 1. The Balaban J connectivity index is 1.54. The molecule has 1 heterocycles. The van der Waals surface area contributed by atoms with Gasteiger partial charge in [0.05, 0.1) is 12.6 Å². The van der Waals surface area contributed by atoms with Gasteiger partial charge in [0.1, 0.15) is 5.75 Å². The summed E-state index contributed by atoms with van der Waals surface area (Å²) in [5, 5.41) is 3.99.